The summed E-state index contributed by atoms with van der Waals surface area (Å²) in [7, 11) is 0. The van der Waals surface area contributed by atoms with Crippen molar-refractivity contribution in [1.82, 2.24) is 19.7 Å². The van der Waals surface area contributed by atoms with Crippen molar-refractivity contribution in [2.24, 2.45) is 0 Å². The number of nitrogens with zero attached hydrogens (tertiary/aromatic N) is 4. The highest BCUT2D eigenvalue weighted by molar-refractivity contribution is 7.99. The Morgan fingerprint density at radius 2 is 1.90 bits per heavy atom. The van der Waals surface area contributed by atoms with Crippen molar-refractivity contribution in [2.75, 3.05) is 12.4 Å². The molecule has 2 aromatic heterocycles. The number of ether oxygens (including phenoxy) is 1. The SMILES string of the molecule is CCOc1ccc(-n2c(SCC(=O)N3[C@@H](C)CCC[C@@H]3C)nnc2-c2ccco2)cc1. The van der Waals surface area contributed by atoms with Gasteiger partial charge in [0.05, 0.1) is 24.3 Å². The van der Waals surface area contributed by atoms with Crippen LogP contribution in [0.2, 0.25) is 0 Å². The van der Waals surface area contributed by atoms with E-state index in [-0.39, 0.29) is 18.0 Å². The van der Waals surface area contributed by atoms with Gasteiger partial charge >= 0.3 is 0 Å². The summed E-state index contributed by atoms with van der Waals surface area (Å²) in [5.41, 5.74) is 0.884. The molecule has 0 N–H and O–H groups in total. The van der Waals surface area contributed by atoms with Crippen molar-refractivity contribution >= 4 is 17.7 Å². The van der Waals surface area contributed by atoms with Gasteiger partial charge < -0.3 is 14.1 Å². The fraction of sp³-hybridized carbons (Fsp3) is 0.435. The fourth-order valence-corrected chi connectivity index (χ4v) is 4.95. The molecular formula is C23H28N4O3S. The molecular weight excluding hydrogens is 412 g/mol. The number of thioether (sulfide) groups is 1. The number of piperidine rings is 1. The highest BCUT2D eigenvalue weighted by atomic mass is 32.2. The van der Waals surface area contributed by atoms with E-state index in [9.17, 15) is 4.79 Å². The van der Waals surface area contributed by atoms with Gasteiger partial charge in [0.2, 0.25) is 11.7 Å². The lowest BCUT2D eigenvalue weighted by Crippen LogP contribution is -2.48. The van der Waals surface area contributed by atoms with E-state index < -0.39 is 0 Å². The first-order valence-corrected chi connectivity index (χ1v) is 11.7. The third-order valence-electron chi connectivity index (χ3n) is 5.59. The molecule has 4 rings (SSSR count). The predicted molar refractivity (Wildman–Crippen MR) is 121 cm³/mol. The molecule has 3 aromatic rings. The van der Waals surface area contributed by atoms with Gasteiger partial charge in [0.1, 0.15) is 5.75 Å². The van der Waals surface area contributed by atoms with Crippen molar-refractivity contribution in [2.45, 2.75) is 57.3 Å². The van der Waals surface area contributed by atoms with Crippen LogP contribution in [0.15, 0.2) is 52.2 Å². The van der Waals surface area contributed by atoms with Crippen LogP contribution in [0.4, 0.5) is 0 Å². The van der Waals surface area contributed by atoms with Crippen LogP contribution in [0.25, 0.3) is 17.3 Å². The molecule has 164 valence electrons. The number of aromatic nitrogens is 3. The number of hydrogen-bond donors (Lipinski definition) is 0. The first kappa shape index (κ1) is 21.5. The molecule has 3 heterocycles. The van der Waals surface area contributed by atoms with Crippen LogP contribution in [-0.2, 0) is 4.79 Å². The molecule has 1 aromatic carbocycles. The van der Waals surface area contributed by atoms with Gasteiger partial charge in [-0.05, 0) is 76.4 Å². The molecule has 1 amide bonds. The third kappa shape index (κ3) is 4.63. The van der Waals surface area contributed by atoms with Gasteiger partial charge in [-0.3, -0.25) is 9.36 Å². The smallest absolute Gasteiger partial charge is 0.233 e. The number of carbonyl (C=O) groups is 1. The lowest BCUT2D eigenvalue weighted by atomic mass is 9.98. The molecule has 2 atom stereocenters. The number of amides is 1. The van der Waals surface area contributed by atoms with Crippen LogP contribution in [0, 0.1) is 0 Å². The zero-order valence-corrected chi connectivity index (χ0v) is 19.0. The minimum absolute atomic E-state index is 0.144. The number of likely N-dealkylation sites (tertiary alicyclic amines) is 1. The first-order valence-electron chi connectivity index (χ1n) is 10.7. The Bertz CT molecular complexity index is 991. The van der Waals surface area contributed by atoms with Gasteiger partial charge in [-0.2, -0.15) is 0 Å². The van der Waals surface area contributed by atoms with E-state index in [2.05, 4.69) is 24.0 Å². The van der Waals surface area contributed by atoms with E-state index in [1.54, 1.807) is 6.26 Å². The van der Waals surface area contributed by atoms with E-state index in [0.29, 0.717) is 29.1 Å². The Morgan fingerprint density at radius 3 is 2.55 bits per heavy atom. The Morgan fingerprint density at radius 1 is 1.16 bits per heavy atom. The van der Waals surface area contributed by atoms with Crippen molar-refractivity contribution < 1.29 is 13.9 Å². The molecule has 31 heavy (non-hydrogen) atoms. The number of benzene rings is 1. The molecule has 0 unspecified atom stereocenters. The molecule has 1 aliphatic rings. The molecule has 8 heteroatoms. The summed E-state index contributed by atoms with van der Waals surface area (Å²) in [6.07, 6.45) is 4.91. The van der Waals surface area contributed by atoms with Gasteiger partial charge in [0, 0.05) is 12.1 Å². The van der Waals surface area contributed by atoms with Crippen molar-refractivity contribution in [3.8, 4) is 23.0 Å². The second-order valence-corrected chi connectivity index (χ2v) is 8.71. The highest BCUT2D eigenvalue weighted by Gasteiger charge is 2.29. The molecule has 7 nitrogen and oxygen atoms in total. The Labute approximate surface area is 186 Å². The molecule has 0 spiro atoms. The van der Waals surface area contributed by atoms with Crippen LogP contribution in [0.1, 0.15) is 40.0 Å². The van der Waals surface area contributed by atoms with Crippen molar-refractivity contribution in [3.63, 3.8) is 0 Å². The maximum atomic E-state index is 13.0. The minimum atomic E-state index is 0.144. The summed E-state index contributed by atoms with van der Waals surface area (Å²) in [5, 5.41) is 9.39. The van der Waals surface area contributed by atoms with Gasteiger partial charge in [-0.15, -0.1) is 10.2 Å². The standard InChI is InChI=1S/C23H28N4O3S/c1-4-29-19-12-10-18(11-13-19)27-22(20-9-6-14-30-20)24-25-23(27)31-15-21(28)26-16(2)7-5-8-17(26)3/h6,9-14,16-17H,4-5,7-8,15H2,1-3H3/t16-,17-/m0/s1. The summed E-state index contributed by atoms with van der Waals surface area (Å²) in [4.78, 5) is 15.0. The van der Waals surface area contributed by atoms with Crippen LogP contribution < -0.4 is 4.74 Å². The summed E-state index contributed by atoms with van der Waals surface area (Å²) in [6, 6.07) is 12.0. The van der Waals surface area contributed by atoms with Crippen LogP contribution in [-0.4, -0.2) is 50.0 Å². The van der Waals surface area contributed by atoms with Crippen LogP contribution in [0.3, 0.4) is 0 Å². The summed E-state index contributed by atoms with van der Waals surface area (Å²) in [6.45, 7) is 6.84. The normalized spacial score (nSPS) is 18.9. The van der Waals surface area contributed by atoms with Crippen LogP contribution in [0.5, 0.6) is 5.75 Å². The van der Waals surface area contributed by atoms with E-state index in [1.165, 1.54) is 18.2 Å². The van der Waals surface area contributed by atoms with Crippen LogP contribution >= 0.6 is 11.8 Å². The Balaban J connectivity index is 1.60. The number of rotatable bonds is 7. The zero-order chi connectivity index (χ0) is 21.8. The van der Waals surface area contributed by atoms with E-state index in [0.717, 1.165) is 24.3 Å². The number of furan rings is 1. The Hall–Kier alpha value is -2.74. The third-order valence-corrected chi connectivity index (χ3v) is 6.50. The molecule has 0 radical (unpaired) electrons. The Kier molecular flexibility index (Phi) is 6.65. The molecule has 1 saturated heterocycles. The minimum Gasteiger partial charge on any atom is -0.494 e. The van der Waals surface area contributed by atoms with E-state index >= 15 is 0 Å². The lowest BCUT2D eigenvalue weighted by Gasteiger charge is -2.39. The van der Waals surface area contributed by atoms with Gasteiger partial charge in [-0.25, -0.2) is 0 Å². The van der Waals surface area contributed by atoms with Gasteiger partial charge in [0.25, 0.3) is 0 Å². The second kappa shape index (κ2) is 9.60. The average Bonchev–Trinajstić information content (AvgIpc) is 3.43. The molecule has 0 saturated carbocycles. The topological polar surface area (TPSA) is 73.4 Å². The summed E-state index contributed by atoms with van der Waals surface area (Å²) in [5.74, 6) is 2.49. The quantitative estimate of drug-likeness (QED) is 0.491. The second-order valence-electron chi connectivity index (χ2n) is 7.76. The summed E-state index contributed by atoms with van der Waals surface area (Å²) >= 11 is 1.41. The number of carbonyl (C=O) groups excluding carboxylic acids is 1. The van der Waals surface area contributed by atoms with Crippen molar-refractivity contribution in [3.05, 3.63) is 42.7 Å². The zero-order valence-electron chi connectivity index (χ0n) is 18.2. The predicted octanol–water partition coefficient (Wildman–Crippen LogP) is 4.81. The maximum absolute atomic E-state index is 13.0. The highest BCUT2D eigenvalue weighted by Crippen LogP contribution is 2.30. The molecule has 0 bridgehead atoms. The van der Waals surface area contributed by atoms with E-state index in [4.69, 9.17) is 9.15 Å². The number of hydrogen-bond acceptors (Lipinski definition) is 6. The van der Waals surface area contributed by atoms with Crippen molar-refractivity contribution in [1.29, 1.82) is 0 Å². The van der Waals surface area contributed by atoms with Gasteiger partial charge in [0.15, 0.2) is 10.9 Å². The lowest BCUT2D eigenvalue weighted by molar-refractivity contribution is -0.134. The average molecular weight is 441 g/mol. The van der Waals surface area contributed by atoms with E-state index in [1.807, 2.05) is 52.8 Å². The largest absolute Gasteiger partial charge is 0.494 e. The summed E-state index contributed by atoms with van der Waals surface area (Å²) < 4.78 is 13.1. The fourth-order valence-electron chi connectivity index (χ4n) is 4.13. The first-order chi connectivity index (χ1) is 15.1. The van der Waals surface area contributed by atoms with Gasteiger partial charge in [-0.1, -0.05) is 11.8 Å². The molecule has 1 fully saturated rings. The monoisotopic (exact) mass is 440 g/mol. The molecule has 0 aliphatic carbocycles. The maximum Gasteiger partial charge on any atom is 0.233 e. The molecule has 1 aliphatic heterocycles.